The standard InChI is InChI=1S/C25H34FN3O2/c26-22-5-3-17(4-6-22)14-29(23(30)16-28-7-1-2-21(15-28)24(27)31)25-11-18-8-19(12-25)10-20(9-18)13-25/h3-6,18-21H,1-2,7-16H2,(H2,27,31). The molecule has 168 valence electrons. The second-order valence-corrected chi connectivity index (χ2v) is 10.7. The van der Waals surface area contributed by atoms with Crippen LogP contribution in [-0.2, 0) is 16.1 Å². The molecule has 0 spiro atoms. The first-order valence-electron chi connectivity index (χ1n) is 12.0. The van der Waals surface area contributed by atoms with Crippen LogP contribution in [-0.4, -0.2) is 46.8 Å². The number of nitrogens with zero attached hydrogens (tertiary/aromatic N) is 2. The topological polar surface area (TPSA) is 66.6 Å². The number of amides is 2. The Labute approximate surface area is 184 Å². The summed E-state index contributed by atoms with van der Waals surface area (Å²) in [6, 6.07) is 6.58. The van der Waals surface area contributed by atoms with Crippen LogP contribution in [0.15, 0.2) is 24.3 Å². The summed E-state index contributed by atoms with van der Waals surface area (Å²) in [7, 11) is 0. The smallest absolute Gasteiger partial charge is 0.237 e. The summed E-state index contributed by atoms with van der Waals surface area (Å²) < 4.78 is 13.5. The SMILES string of the molecule is NC(=O)C1CCCN(CC(=O)N(Cc2ccc(F)cc2)C23CC4CC(CC(C4)C2)C3)C1. The first-order valence-corrected chi connectivity index (χ1v) is 12.0. The Morgan fingerprint density at radius 2 is 1.68 bits per heavy atom. The van der Waals surface area contributed by atoms with Gasteiger partial charge in [-0.2, -0.15) is 0 Å². The number of piperidine rings is 1. The minimum Gasteiger partial charge on any atom is -0.369 e. The Morgan fingerprint density at radius 1 is 1.06 bits per heavy atom. The number of halogens is 1. The zero-order valence-electron chi connectivity index (χ0n) is 18.3. The second-order valence-electron chi connectivity index (χ2n) is 10.7. The molecule has 1 saturated heterocycles. The number of likely N-dealkylation sites (tertiary alicyclic amines) is 1. The van der Waals surface area contributed by atoms with Crippen LogP contribution in [0, 0.1) is 29.5 Å². The maximum Gasteiger partial charge on any atom is 0.237 e. The van der Waals surface area contributed by atoms with Gasteiger partial charge >= 0.3 is 0 Å². The van der Waals surface area contributed by atoms with Gasteiger partial charge in [-0.3, -0.25) is 14.5 Å². The maximum absolute atomic E-state index is 13.8. The predicted molar refractivity (Wildman–Crippen MR) is 116 cm³/mol. The van der Waals surface area contributed by atoms with E-state index in [4.69, 9.17) is 5.73 Å². The van der Waals surface area contributed by atoms with Crippen molar-refractivity contribution in [3.63, 3.8) is 0 Å². The largest absolute Gasteiger partial charge is 0.369 e. The quantitative estimate of drug-likeness (QED) is 0.757. The number of rotatable bonds is 6. The lowest BCUT2D eigenvalue weighted by atomic mass is 9.52. The first-order chi connectivity index (χ1) is 14.9. The minimum atomic E-state index is -0.263. The van der Waals surface area contributed by atoms with Gasteiger partial charge in [0, 0.05) is 18.6 Å². The highest BCUT2D eigenvalue weighted by molar-refractivity contribution is 5.80. The summed E-state index contributed by atoms with van der Waals surface area (Å²) in [6.07, 6.45) is 9.00. The van der Waals surface area contributed by atoms with Crippen LogP contribution in [0.3, 0.4) is 0 Å². The van der Waals surface area contributed by atoms with Gasteiger partial charge < -0.3 is 10.6 Å². The van der Waals surface area contributed by atoms with E-state index >= 15 is 0 Å². The van der Waals surface area contributed by atoms with Crippen molar-refractivity contribution < 1.29 is 14.0 Å². The monoisotopic (exact) mass is 427 g/mol. The maximum atomic E-state index is 13.8. The molecule has 5 fully saturated rings. The molecule has 0 aromatic heterocycles. The third-order valence-electron chi connectivity index (χ3n) is 8.40. The van der Waals surface area contributed by atoms with Crippen LogP contribution in [0.4, 0.5) is 4.39 Å². The van der Waals surface area contributed by atoms with E-state index in [-0.39, 0.29) is 29.1 Å². The normalized spacial score (nSPS) is 34.6. The zero-order chi connectivity index (χ0) is 21.6. The summed E-state index contributed by atoms with van der Waals surface area (Å²) in [6.45, 7) is 2.29. The Kier molecular flexibility index (Phi) is 5.53. The van der Waals surface area contributed by atoms with Crippen molar-refractivity contribution in [3.05, 3.63) is 35.6 Å². The van der Waals surface area contributed by atoms with Crippen LogP contribution in [0.1, 0.15) is 56.9 Å². The number of hydrogen-bond acceptors (Lipinski definition) is 3. The lowest BCUT2D eigenvalue weighted by Gasteiger charge is -2.60. The van der Waals surface area contributed by atoms with Gasteiger partial charge in [-0.1, -0.05) is 12.1 Å². The van der Waals surface area contributed by atoms with Gasteiger partial charge in [-0.05, 0) is 93.4 Å². The summed E-state index contributed by atoms with van der Waals surface area (Å²) >= 11 is 0. The fourth-order valence-electron chi connectivity index (χ4n) is 7.40. The molecule has 1 heterocycles. The molecule has 1 aliphatic heterocycles. The molecule has 5 aliphatic rings. The van der Waals surface area contributed by atoms with Crippen LogP contribution in [0.2, 0.25) is 0 Å². The molecule has 2 N–H and O–H groups in total. The molecule has 1 atom stereocenters. The van der Waals surface area contributed by atoms with Gasteiger partial charge in [0.25, 0.3) is 0 Å². The minimum absolute atomic E-state index is 0.0565. The third kappa shape index (κ3) is 4.23. The van der Waals surface area contributed by atoms with Crippen molar-refractivity contribution in [3.8, 4) is 0 Å². The molecular formula is C25H34FN3O2. The van der Waals surface area contributed by atoms with Crippen molar-refractivity contribution >= 4 is 11.8 Å². The molecule has 5 nitrogen and oxygen atoms in total. The molecule has 1 aromatic rings. The molecule has 31 heavy (non-hydrogen) atoms. The van der Waals surface area contributed by atoms with Crippen molar-refractivity contribution in [2.75, 3.05) is 19.6 Å². The summed E-state index contributed by atoms with van der Waals surface area (Å²) in [4.78, 5) is 29.7. The van der Waals surface area contributed by atoms with Gasteiger partial charge in [-0.25, -0.2) is 4.39 Å². The summed E-state index contributed by atoms with van der Waals surface area (Å²) in [5.74, 6) is 1.70. The van der Waals surface area contributed by atoms with Crippen molar-refractivity contribution in [1.82, 2.24) is 9.80 Å². The Hall–Kier alpha value is -1.95. The summed E-state index contributed by atoms with van der Waals surface area (Å²) in [5.41, 5.74) is 6.47. The van der Waals surface area contributed by atoms with Crippen LogP contribution < -0.4 is 5.73 Å². The van der Waals surface area contributed by atoms with Gasteiger partial charge in [-0.15, -0.1) is 0 Å². The van der Waals surface area contributed by atoms with E-state index < -0.39 is 0 Å². The fraction of sp³-hybridized carbons (Fsp3) is 0.680. The number of nitrogens with two attached hydrogens (primary N) is 1. The van der Waals surface area contributed by atoms with Gasteiger partial charge in [0.05, 0.1) is 12.5 Å². The van der Waals surface area contributed by atoms with Crippen LogP contribution in [0.5, 0.6) is 0 Å². The third-order valence-corrected chi connectivity index (χ3v) is 8.40. The lowest BCUT2D eigenvalue weighted by molar-refractivity contribution is -0.154. The van der Waals surface area contributed by atoms with E-state index in [1.807, 2.05) is 0 Å². The average molecular weight is 428 g/mol. The van der Waals surface area contributed by atoms with Gasteiger partial charge in [0.1, 0.15) is 5.82 Å². The molecule has 4 aliphatic carbocycles. The molecule has 6 heteroatoms. The van der Waals surface area contributed by atoms with E-state index in [1.54, 1.807) is 12.1 Å². The number of benzene rings is 1. The number of hydrogen-bond donors (Lipinski definition) is 1. The molecular weight excluding hydrogens is 393 g/mol. The molecule has 4 saturated carbocycles. The zero-order valence-corrected chi connectivity index (χ0v) is 18.3. The van der Waals surface area contributed by atoms with Crippen molar-refractivity contribution in [2.45, 2.75) is 63.5 Å². The molecule has 6 rings (SSSR count). The van der Waals surface area contributed by atoms with Crippen molar-refractivity contribution in [2.24, 2.45) is 29.4 Å². The highest BCUT2D eigenvalue weighted by Crippen LogP contribution is 2.58. The highest BCUT2D eigenvalue weighted by Gasteiger charge is 2.54. The molecule has 2 amide bonds. The summed E-state index contributed by atoms with van der Waals surface area (Å²) in [5, 5.41) is 0. The van der Waals surface area contributed by atoms with E-state index in [2.05, 4.69) is 9.80 Å². The highest BCUT2D eigenvalue weighted by atomic mass is 19.1. The van der Waals surface area contributed by atoms with Crippen LogP contribution in [0.25, 0.3) is 0 Å². The van der Waals surface area contributed by atoms with Gasteiger partial charge in [0.15, 0.2) is 0 Å². The molecule has 0 radical (unpaired) electrons. The van der Waals surface area contributed by atoms with E-state index in [0.29, 0.717) is 19.6 Å². The average Bonchev–Trinajstić information content (AvgIpc) is 2.72. The number of primary amides is 1. The Morgan fingerprint density at radius 3 is 2.26 bits per heavy atom. The van der Waals surface area contributed by atoms with Crippen LogP contribution >= 0.6 is 0 Å². The second kappa shape index (κ2) is 8.19. The Bertz CT molecular complexity index is 804. The molecule has 1 unspecified atom stereocenters. The number of carbonyl (C=O) groups excluding carboxylic acids is 2. The molecule has 1 aromatic carbocycles. The predicted octanol–water partition coefficient (Wildman–Crippen LogP) is 3.32. The van der Waals surface area contributed by atoms with E-state index in [0.717, 1.165) is 62.0 Å². The van der Waals surface area contributed by atoms with E-state index in [1.165, 1.54) is 31.4 Å². The first kappa shape index (κ1) is 20.9. The lowest BCUT2D eigenvalue weighted by Crippen LogP contribution is -2.62. The van der Waals surface area contributed by atoms with Gasteiger partial charge in [0.2, 0.25) is 11.8 Å². The Balaban J connectivity index is 1.38. The molecule has 4 bridgehead atoms. The number of carbonyl (C=O) groups is 2. The van der Waals surface area contributed by atoms with Crippen molar-refractivity contribution in [1.29, 1.82) is 0 Å². The fourth-order valence-corrected chi connectivity index (χ4v) is 7.40. The van der Waals surface area contributed by atoms with E-state index in [9.17, 15) is 14.0 Å².